The lowest BCUT2D eigenvalue weighted by atomic mass is 10.5. The van der Waals surface area contributed by atoms with Gasteiger partial charge in [-0.05, 0) is 22.6 Å². The zero-order valence-corrected chi connectivity index (χ0v) is 19.7. The Morgan fingerprint density at radius 3 is 0.818 bits per heavy atom. The summed E-state index contributed by atoms with van der Waals surface area (Å²) in [4.78, 5) is 0. The number of hydrogen-bond acceptors (Lipinski definition) is 0. The highest BCUT2D eigenvalue weighted by Gasteiger charge is 2.57. The maximum atomic E-state index is 12.1. The third-order valence-corrected chi connectivity index (χ3v) is 13.1. The van der Waals surface area contributed by atoms with Crippen molar-refractivity contribution in [3.63, 3.8) is 0 Å². The Hall–Kier alpha value is 5.07. The van der Waals surface area contributed by atoms with E-state index in [0.717, 1.165) is 0 Å². The predicted molar refractivity (Wildman–Crippen MR) is 107 cm³/mol. The molecule has 0 amide bonds. The van der Waals surface area contributed by atoms with Crippen LogP contribution in [-0.4, -0.2) is 2.48 Å². The summed E-state index contributed by atoms with van der Waals surface area (Å²) in [6.07, 6.45) is 0. The summed E-state index contributed by atoms with van der Waals surface area (Å²) < 4.78 is -1.59. The summed E-state index contributed by atoms with van der Waals surface area (Å²) >= 11 is 15.1. The molecule has 0 unspecified atom stereocenters. The van der Waals surface area contributed by atoms with Crippen LogP contribution < -0.4 is 0 Å². The van der Waals surface area contributed by atoms with Crippen LogP contribution in [0.1, 0.15) is 0 Å². The Bertz CT molecular complexity index is 125. The third kappa shape index (κ3) is 4.84. The van der Waals surface area contributed by atoms with Gasteiger partial charge in [-0.25, -0.2) is 5.11 Å². The monoisotopic (exact) mass is 940 g/mol. The topological polar surface area (TPSA) is 19.9 Å². The molecule has 0 N–H and O–H groups in total. The van der Waals surface area contributed by atoms with Gasteiger partial charge in [0.15, 0.2) is -1.13 Å². The first-order valence-electron chi connectivity index (χ1n) is 2.03. The zero-order chi connectivity index (χ0) is 9.50. The van der Waals surface area contributed by atoms with Gasteiger partial charge in [0.25, 0.3) is 0 Å². The zero-order valence-electron chi connectivity index (χ0n) is 4.55. The molecule has 0 aromatic carbocycles. The van der Waals surface area contributed by atoms with Gasteiger partial charge in [-0.2, -0.15) is 0 Å². The molecule has 0 aromatic rings. The number of rotatable bonds is 2. The van der Waals surface area contributed by atoms with E-state index in [0.29, 0.717) is 0 Å². The van der Waals surface area contributed by atoms with Crippen LogP contribution in [0.25, 0.3) is 0 Å². The summed E-state index contributed by atoms with van der Waals surface area (Å²) in [7, 11) is 0. The average Bonchev–Trinajstić information content (AvgIpc) is 1.58. The van der Waals surface area contributed by atoms with Crippen LogP contribution >= 0.6 is 158 Å². The molecule has 0 rings (SSSR count). The van der Waals surface area contributed by atoms with E-state index >= 15 is 0 Å². The predicted octanol–water partition coefficient (Wildman–Crippen LogP) is 5.47. The van der Waals surface area contributed by atoms with E-state index in [-0.39, 0.29) is -1.13 Å². The minimum atomic E-state index is -0.985. The minimum Gasteiger partial charge on any atom is -0.211 e. The molecule has 0 fully saturated rings. The lowest BCUT2D eigenvalue weighted by molar-refractivity contribution is 0.107. The summed E-state index contributed by atoms with van der Waals surface area (Å²) in [6.45, 7) is 0. The highest BCUT2D eigenvalue weighted by Crippen LogP contribution is 2.61. The molecule has 1 nitrogen and oxygen atoms in total. The van der Waals surface area contributed by atoms with Gasteiger partial charge in [0.05, 0.1) is 0 Å². The van der Waals surface area contributed by atoms with E-state index in [2.05, 4.69) is 136 Å². The molecule has 0 aliphatic rings. The van der Waals surface area contributed by atoms with Crippen molar-refractivity contribution in [1.29, 1.82) is 0 Å². The first kappa shape index (κ1) is 16.1. The first-order valence-corrected chi connectivity index (χ1v) is 9.58. The average molecular weight is 940 g/mol. The van der Waals surface area contributed by atoms with Gasteiger partial charge in [-0.1, -0.05) is 136 Å². The van der Waals surface area contributed by atoms with Crippen LogP contribution in [0.4, 0.5) is 0 Å². The van der Waals surface area contributed by atoms with Gasteiger partial charge in [0.2, 0.25) is 3.61 Å². The molecular formula is C3I7O. The van der Waals surface area contributed by atoms with E-state index in [1.54, 1.807) is 0 Å². The maximum absolute atomic E-state index is 12.1. The second-order valence-corrected chi connectivity index (χ2v) is 25.2. The standard InChI is InChI=1S/C3I7O/c4-1(11,2(5,6)7)3(8,9)10. The van der Waals surface area contributed by atoms with Crippen molar-refractivity contribution in [2.45, 2.75) is 2.48 Å². The summed E-state index contributed by atoms with van der Waals surface area (Å²) in [5, 5.41) is 12.1. The highest BCUT2D eigenvalue weighted by molar-refractivity contribution is 14.3. The highest BCUT2D eigenvalue weighted by atomic mass is 127. The van der Waals surface area contributed by atoms with E-state index in [4.69, 9.17) is 0 Å². The van der Waals surface area contributed by atoms with Crippen molar-refractivity contribution < 1.29 is 5.11 Å². The quantitative estimate of drug-likeness (QED) is 0.259. The van der Waals surface area contributed by atoms with Crippen LogP contribution in [0.2, 0.25) is 0 Å². The van der Waals surface area contributed by atoms with Crippen molar-refractivity contribution in [2.24, 2.45) is 0 Å². The van der Waals surface area contributed by atoms with Crippen molar-refractivity contribution in [1.82, 2.24) is 0 Å². The van der Waals surface area contributed by atoms with Crippen molar-refractivity contribution in [3.8, 4) is 0 Å². The fraction of sp³-hybridized carbons (Fsp3) is 1.00. The molecule has 0 spiro atoms. The molecular weight excluding hydrogens is 940 g/mol. The number of alkyl halides is 7. The fourth-order valence-electron chi connectivity index (χ4n) is 0.161. The number of hydrogen-bond donors (Lipinski definition) is 0. The maximum Gasteiger partial charge on any atom is 0.218 e. The molecule has 8 heteroatoms. The SMILES string of the molecule is [O]C(I)(C(I)(I)I)C(I)(I)I. The molecule has 0 saturated heterocycles. The van der Waals surface area contributed by atoms with E-state index < -0.39 is 3.61 Å². The van der Waals surface area contributed by atoms with Crippen LogP contribution in [0.3, 0.4) is 0 Å². The van der Waals surface area contributed by atoms with Gasteiger partial charge in [0.1, 0.15) is 0 Å². The smallest absolute Gasteiger partial charge is 0.211 e. The molecule has 0 bridgehead atoms. The Kier molecular flexibility index (Phi) is 8.19. The van der Waals surface area contributed by atoms with Gasteiger partial charge >= 0.3 is 0 Å². The van der Waals surface area contributed by atoms with Gasteiger partial charge in [0, 0.05) is 0 Å². The Balaban J connectivity index is 4.75. The van der Waals surface area contributed by atoms with Crippen molar-refractivity contribution in [3.05, 3.63) is 0 Å². The summed E-state index contributed by atoms with van der Waals surface area (Å²) in [5.74, 6) is 0. The van der Waals surface area contributed by atoms with Crippen molar-refractivity contribution in [2.75, 3.05) is 0 Å². The molecule has 11 heavy (non-hydrogen) atoms. The van der Waals surface area contributed by atoms with Crippen LogP contribution in [0.15, 0.2) is 0 Å². The second kappa shape index (κ2) is 5.61. The summed E-state index contributed by atoms with van der Waals surface area (Å²) in [5.41, 5.74) is 0. The molecule has 0 aromatic heterocycles. The first-order chi connectivity index (χ1) is 4.50. The van der Waals surface area contributed by atoms with Gasteiger partial charge < -0.3 is 0 Å². The molecule has 67 valence electrons. The lowest BCUT2D eigenvalue weighted by Gasteiger charge is -2.34. The molecule has 0 heterocycles. The Morgan fingerprint density at radius 2 is 0.818 bits per heavy atom. The molecule has 0 aliphatic heterocycles. The third-order valence-electron chi connectivity index (χ3n) is 0.729. The van der Waals surface area contributed by atoms with E-state index in [9.17, 15) is 5.11 Å². The summed E-state index contributed by atoms with van der Waals surface area (Å²) in [6, 6.07) is 0. The molecule has 1 radical (unpaired) electrons. The second-order valence-electron chi connectivity index (χ2n) is 1.59. The Labute approximate surface area is 161 Å². The normalized spacial score (nSPS) is 15.3. The van der Waals surface area contributed by atoms with Gasteiger partial charge in [-0.15, -0.1) is 0 Å². The van der Waals surface area contributed by atoms with Gasteiger partial charge in [-0.3, -0.25) is 0 Å². The molecule has 0 saturated carbocycles. The fourth-order valence-corrected chi connectivity index (χ4v) is 7.23. The van der Waals surface area contributed by atoms with Crippen LogP contribution in [0.5, 0.6) is 0 Å². The molecule has 0 atom stereocenters. The minimum absolute atomic E-state index is 0.301. The largest absolute Gasteiger partial charge is 0.218 e. The molecule has 0 aliphatic carbocycles. The van der Waals surface area contributed by atoms with Crippen LogP contribution in [0, 0.1) is 0 Å². The Morgan fingerprint density at radius 1 is 0.636 bits per heavy atom. The van der Waals surface area contributed by atoms with Crippen LogP contribution in [-0.2, 0) is 5.11 Å². The van der Waals surface area contributed by atoms with Crippen molar-refractivity contribution >= 4 is 158 Å². The number of halogens is 7. The van der Waals surface area contributed by atoms with E-state index in [1.807, 2.05) is 22.6 Å². The van der Waals surface area contributed by atoms with E-state index in [1.165, 1.54) is 0 Å². The lowest BCUT2D eigenvalue weighted by Crippen LogP contribution is -2.44.